The Morgan fingerprint density at radius 2 is 1.41 bits per heavy atom. The number of hydrogen-bond acceptors (Lipinski definition) is 4. The molecule has 1 atom stereocenters. The van der Waals surface area contributed by atoms with Gasteiger partial charge in [0.25, 0.3) is 0 Å². The van der Waals surface area contributed by atoms with Crippen LogP contribution in [0.15, 0.2) is 24.3 Å². The van der Waals surface area contributed by atoms with E-state index in [9.17, 15) is 14.7 Å². The number of benzene rings is 1. The summed E-state index contributed by atoms with van der Waals surface area (Å²) in [5, 5.41) is 9.91. The molecular formula is C30H46O4. The van der Waals surface area contributed by atoms with Crippen molar-refractivity contribution in [2.45, 2.75) is 117 Å². The zero-order chi connectivity index (χ0) is 25.1. The van der Waals surface area contributed by atoms with Crippen LogP contribution in [0.25, 0.3) is 0 Å². The monoisotopic (exact) mass is 470 g/mol. The molecule has 1 aromatic rings. The molecule has 0 heterocycles. The molecule has 0 bridgehead atoms. The predicted octanol–water partition coefficient (Wildman–Crippen LogP) is 7.03. The lowest BCUT2D eigenvalue weighted by Gasteiger charge is -2.48. The summed E-state index contributed by atoms with van der Waals surface area (Å²) in [7, 11) is 0. The van der Waals surface area contributed by atoms with E-state index < -0.39 is 11.0 Å². The number of aldehydes is 1. The van der Waals surface area contributed by atoms with E-state index in [1.807, 2.05) is 6.92 Å². The molecule has 0 radical (unpaired) electrons. The maximum atomic E-state index is 13.6. The summed E-state index contributed by atoms with van der Waals surface area (Å²) < 4.78 is 6.73. The smallest absolute Gasteiger partial charge is 0.171 e. The molecule has 1 unspecified atom stereocenters. The van der Waals surface area contributed by atoms with E-state index in [0.717, 1.165) is 57.7 Å². The number of aliphatic hydroxyl groups excluding tert-OH is 1. The summed E-state index contributed by atoms with van der Waals surface area (Å²) >= 11 is 0. The molecule has 0 spiro atoms. The molecular weight excluding hydrogens is 424 g/mol. The van der Waals surface area contributed by atoms with Gasteiger partial charge in [-0.15, -0.1) is 0 Å². The van der Waals surface area contributed by atoms with Crippen molar-refractivity contribution in [3.05, 3.63) is 35.4 Å². The highest BCUT2D eigenvalue weighted by Crippen LogP contribution is 2.50. The fraction of sp³-hybridized carbons (Fsp3) is 0.733. The zero-order valence-corrected chi connectivity index (χ0v) is 22.2. The molecule has 4 heteroatoms. The second kappa shape index (κ2) is 10.6. The van der Waals surface area contributed by atoms with Gasteiger partial charge in [0, 0.05) is 11.1 Å². The van der Waals surface area contributed by atoms with Crippen molar-refractivity contribution in [2.24, 2.45) is 22.7 Å². The fourth-order valence-electron chi connectivity index (χ4n) is 6.52. The van der Waals surface area contributed by atoms with E-state index in [1.165, 1.54) is 0 Å². The summed E-state index contributed by atoms with van der Waals surface area (Å²) in [6.45, 7) is 13.1. The Morgan fingerprint density at radius 1 is 0.912 bits per heavy atom. The number of Topliss-reactive ketones (excluding diaryl/α,β-unsaturated/α-hetero) is 1. The van der Waals surface area contributed by atoms with Crippen LogP contribution in [-0.4, -0.2) is 35.0 Å². The molecule has 3 rings (SSSR count). The lowest BCUT2D eigenvalue weighted by Crippen LogP contribution is -2.51. The number of rotatable bonds is 9. The number of ether oxygens (including phenoxy) is 1. The quantitative estimate of drug-likeness (QED) is 0.311. The van der Waals surface area contributed by atoms with E-state index in [2.05, 4.69) is 34.6 Å². The third kappa shape index (κ3) is 5.49. The largest absolute Gasteiger partial charge is 0.393 e. The third-order valence-corrected chi connectivity index (χ3v) is 9.78. The SMILES string of the molecule is CCC(C)(C(=O)c1ccc(C=O)cc1)C(C)(C)OC1CCC(C(C)(C)C2CCC(O)CC2)CC1. The van der Waals surface area contributed by atoms with Gasteiger partial charge in [0.1, 0.15) is 6.29 Å². The molecule has 34 heavy (non-hydrogen) atoms. The lowest BCUT2D eigenvalue weighted by molar-refractivity contribution is -0.143. The second-order valence-electron chi connectivity index (χ2n) is 12.2. The van der Waals surface area contributed by atoms with Crippen molar-refractivity contribution in [1.82, 2.24) is 0 Å². The summed E-state index contributed by atoms with van der Waals surface area (Å²) in [6.07, 6.45) is 10.1. The molecule has 2 saturated carbocycles. The minimum atomic E-state index is -0.658. The average Bonchev–Trinajstić information content (AvgIpc) is 2.83. The van der Waals surface area contributed by atoms with Crippen LogP contribution >= 0.6 is 0 Å². The van der Waals surface area contributed by atoms with Crippen LogP contribution in [0.3, 0.4) is 0 Å². The predicted molar refractivity (Wildman–Crippen MR) is 137 cm³/mol. The topological polar surface area (TPSA) is 63.6 Å². The fourth-order valence-corrected chi connectivity index (χ4v) is 6.52. The standard InChI is InChI=1S/C30H46O4/c1-7-30(6,27(33)22-10-8-21(20-31)9-11-22)29(4,5)34-26-18-14-24(15-19-26)28(2,3)23-12-16-25(32)17-13-23/h8-11,20,23-26,32H,7,12-19H2,1-6H3. The van der Waals surface area contributed by atoms with Gasteiger partial charge in [-0.25, -0.2) is 0 Å². The first kappa shape index (κ1) is 27.1. The number of aliphatic hydroxyl groups is 1. The maximum Gasteiger partial charge on any atom is 0.171 e. The Hall–Kier alpha value is -1.52. The number of hydrogen-bond donors (Lipinski definition) is 1. The van der Waals surface area contributed by atoms with Crippen LogP contribution in [0.1, 0.15) is 120 Å². The van der Waals surface area contributed by atoms with Gasteiger partial charge in [-0.3, -0.25) is 9.59 Å². The van der Waals surface area contributed by atoms with Gasteiger partial charge < -0.3 is 9.84 Å². The highest BCUT2D eigenvalue weighted by Gasteiger charge is 2.49. The minimum Gasteiger partial charge on any atom is -0.393 e. The first-order valence-corrected chi connectivity index (χ1v) is 13.4. The molecule has 1 N–H and O–H groups in total. The molecule has 0 aliphatic heterocycles. The molecule has 1 aromatic carbocycles. The Balaban J connectivity index is 1.63. The van der Waals surface area contributed by atoms with Crippen LogP contribution in [0.2, 0.25) is 0 Å². The number of ketones is 1. The normalized spacial score (nSPS) is 28.2. The van der Waals surface area contributed by atoms with E-state index in [-0.39, 0.29) is 18.0 Å². The van der Waals surface area contributed by atoms with Gasteiger partial charge >= 0.3 is 0 Å². The highest BCUT2D eigenvalue weighted by molar-refractivity contribution is 6.01. The van der Waals surface area contributed by atoms with Crippen molar-refractivity contribution in [3.8, 4) is 0 Å². The van der Waals surface area contributed by atoms with Gasteiger partial charge in [0.2, 0.25) is 0 Å². The molecule has 2 aliphatic rings. The third-order valence-electron chi connectivity index (χ3n) is 9.78. The summed E-state index contributed by atoms with van der Waals surface area (Å²) in [5.74, 6) is 1.46. The minimum absolute atomic E-state index is 0.0757. The first-order chi connectivity index (χ1) is 15.9. The molecule has 190 valence electrons. The maximum absolute atomic E-state index is 13.6. The van der Waals surface area contributed by atoms with Gasteiger partial charge in [-0.05, 0) is 95.8 Å². The molecule has 0 saturated heterocycles. The van der Waals surface area contributed by atoms with Crippen molar-refractivity contribution in [1.29, 1.82) is 0 Å². The highest BCUT2D eigenvalue weighted by atomic mass is 16.5. The number of carbonyl (C=O) groups excluding carboxylic acids is 2. The Bertz CT molecular complexity index is 824. The number of carbonyl (C=O) groups is 2. The van der Waals surface area contributed by atoms with Crippen LogP contribution in [0.5, 0.6) is 0 Å². The van der Waals surface area contributed by atoms with Crippen LogP contribution < -0.4 is 0 Å². The van der Waals surface area contributed by atoms with Crippen LogP contribution in [-0.2, 0) is 4.74 Å². The van der Waals surface area contributed by atoms with Crippen molar-refractivity contribution in [3.63, 3.8) is 0 Å². The Labute approximate surface area is 206 Å². The van der Waals surface area contributed by atoms with Gasteiger partial charge in [-0.2, -0.15) is 0 Å². The van der Waals surface area contributed by atoms with Crippen molar-refractivity contribution >= 4 is 12.1 Å². The average molecular weight is 471 g/mol. The van der Waals surface area contributed by atoms with Gasteiger partial charge in [-0.1, -0.05) is 45.0 Å². The summed E-state index contributed by atoms with van der Waals surface area (Å²) in [4.78, 5) is 24.6. The van der Waals surface area contributed by atoms with Crippen LogP contribution in [0.4, 0.5) is 0 Å². The van der Waals surface area contributed by atoms with Crippen molar-refractivity contribution in [2.75, 3.05) is 0 Å². The zero-order valence-electron chi connectivity index (χ0n) is 22.2. The summed E-state index contributed by atoms with van der Waals surface area (Å²) in [5.41, 5.74) is 0.245. The Morgan fingerprint density at radius 3 is 1.88 bits per heavy atom. The van der Waals surface area contributed by atoms with Gasteiger partial charge in [0.05, 0.1) is 23.2 Å². The lowest BCUT2D eigenvalue weighted by atomic mass is 9.60. The summed E-state index contributed by atoms with van der Waals surface area (Å²) in [6, 6.07) is 6.93. The molecule has 4 nitrogen and oxygen atoms in total. The van der Waals surface area contributed by atoms with E-state index >= 15 is 0 Å². The molecule has 2 fully saturated rings. The molecule has 0 aromatic heterocycles. The Kier molecular flexibility index (Phi) is 8.46. The molecule has 0 amide bonds. The second-order valence-corrected chi connectivity index (χ2v) is 12.2. The van der Waals surface area contributed by atoms with Crippen molar-refractivity contribution < 1.29 is 19.4 Å². The van der Waals surface area contributed by atoms with Crippen LogP contribution in [0, 0.1) is 22.7 Å². The van der Waals surface area contributed by atoms with E-state index in [4.69, 9.17) is 4.74 Å². The van der Waals surface area contributed by atoms with E-state index in [1.54, 1.807) is 24.3 Å². The van der Waals surface area contributed by atoms with E-state index in [0.29, 0.717) is 34.8 Å². The van der Waals surface area contributed by atoms with Gasteiger partial charge in [0.15, 0.2) is 5.78 Å². The first-order valence-electron chi connectivity index (χ1n) is 13.4. The molecule has 2 aliphatic carbocycles.